The standard InChI is InChI=1S/C12H16ClN3/c1-8(2)16-11(7-15-12(16)14)9-5-3-4-6-10(9)13/h3-6,8,11H,7H2,1-2H3,(H2,14,15). The largest absolute Gasteiger partial charge is 0.370 e. The summed E-state index contributed by atoms with van der Waals surface area (Å²) in [5.74, 6) is 0.611. The molecule has 1 atom stereocenters. The molecule has 3 nitrogen and oxygen atoms in total. The monoisotopic (exact) mass is 237 g/mol. The number of nitrogens with zero attached hydrogens (tertiary/aromatic N) is 2. The Bertz CT molecular complexity index is 414. The lowest BCUT2D eigenvalue weighted by molar-refractivity contribution is 0.290. The van der Waals surface area contributed by atoms with Crippen molar-refractivity contribution in [1.82, 2.24) is 4.90 Å². The topological polar surface area (TPSA) is 41.6 Å². The first-order valence-corrected chi connectivity index (χ1v) is 5.81. The van der Waals surface area contributed by atoms with Crippen LogP contribution < -0.4 is 5.73 Å². The van der Waals surface area contributed by atoms with E-state index in [4.69, 9.17) is 17.3 Å². The molecule has 86 valence electrons. The van der Waals surface area contributed by atoms with Gasteiger partial charge in [0.1, 0.15) is 0 Å². The summed E-state index contributed by atoms with van der Waals surface area (Å²) in [7, 11) is 0. The molecular formula is C12H16ClN3. The third-order valence-corrected chi connectivity index (χ3v) is 3.19. The Morgan fingerprint density at radius 3 is 2.75 bits per heavy atom. The number of nitrogens with two attached hydrogens (primary N) is 1. The van der Waals surface area contributed by atoms with Gasteiger partial charge < -0.3 is 10.6 Å². The van der Waals surface area contributed by atoms with Crippen molar-refractivity contribution >= 4 is 17.6 Å². The minimum Gasteiger partial charge on any atom is -0.370 e. The second-order valence-corrected chi connectivity index (χ2v) is 4.64. The SMILES string of the molecule is CC(C)N1C(N)=NCC1c1ccccc1Cl. The first-order chi connectivity index (χ1) is 7.61. The van der Waals surface area contributed by atoms with Crippen LogP contribution in [0.25, 0.3) is 0 Å². The lowest BCUT2D eigenvalue weighted by Crippen LogP contribution is -2.41. The molecule has 16 heavy (non-hydrogen) atoms. The number of hydrogen-bond acceptors (Lipinski definition) is 3. The molecule has 0 amide bonds. The van der Waals surface area contributed by atoms with Gasteiger partial charge >= 0.3 is 0 Å². The fraction of sp³-hybridized carbons (Fsp3) is 0.417. The fourth-order valence-corrected chi connectivity index (χ4v) is 2.39. The average Bonchev–Trinajstić information content (AvgIpc) is 2.61. The van der Waals surface area contributed by atoms with E-state index in [1.165, 1.54) is 0 Å². The molecule has 0 aliphatic carbocycles. The van der Waals surface area contributed by atoms with E-state index in [9.17, 15) is 0 Å². The van der Waals surface area contributed by atoms with Gasteiger partial charge in [-0.25, -0.2) is 0 Å². The molecule has 0 bridgehead atoms. The molecule has 0 radical (unpaired) electrons. The van der Waals surface area contributed by atoms with Gasteiger partial charge in [0.2, 0.25) is 0 Å². The molecular weight excluding hydrogens is 222 g/mol. The molecule has 0 fully saturated rings. The summed E-state index contributed by atoms with van der Waals surface area (Å²) in [5.41, 5.74) is 6.99. The van der Waals surface area contributed by atoms with Gasteiger partial charge in [-0.3, -0.25) is 4.99 Å². The lowest BCUT2D eigenvalue weighted by atomic mass is 10.1. The zero-order valence-corrected chi connectivity index (χ0v) is 10.3. The van der Waals surface area contributed by atoms with Gasteiger partial charge in [-0.05, 0) is 25.5 Å². The first kappa shape index (κ1) is 11.3. The highest BCUT2D eigenvalue weighted by molar-refractivity contribution is 6.31. The van der Waals surface area contributed by atoms with Crippen molar-refractivity contribution in [3.63, 3.8) is 0 Å². The molecule has 1 aliphatic heterocycles. The Labute approximate surface area is 101 Å². The molecule has 1 unspecified atom stereocenters. The van der Waals surface area contributed by atoms with E-state index in [0.29, 0.717) is 18.5 Å². The molecule has 0 saturated carbocycles. The summed E-state index contributed by atoms with van der Waals surface area (Å²) >= 11 is 6.20. The molecule has 2 N–H and O–H groups in total. The Morgan fingerprint density at radius 1 is 1.44 bits per heavy atom. The van der Waals surface area contributed by atoms with E-state index in [2.05, 4.69) is 23.7 Å². The van der Waals surface area contributed by atoms with Gasteiger partial charge in [-0.1, -0.05) is 29.8 Å². The average molecular weight is 238 g/mol. The van der Waals surface area contributed by atoms with Crippen LogP contribution in [0.1, 0.15) is 25.5 Å². The molecule has 1 aliphatic rings. The number of hydrogen-bond donors (Lipinski definition) is 1. The third-order valence-electron chi connectivity index (χ3n) is 2.85. The molecule has 1 aromatic rings. The molecule has 0 aromatic heterocycles. The van der Waals surface area contributed by atoms with Crippen LogP contribution in [0.2, 0.25) is 5.02 Å². The van der Waals surface area contributed by atoms with Crippen molar-refractivity contribution in [2.45, 2.75) is 25.9 Å². The van der Waals surface area contributed by atoms with E-state index in [1.54, 1.807) is 0 Å². The Kier molecular flexibility index (Phi) is 3.06. The molecule has 2 rings (SSSR count). The smallest absolute Gasteiger partial charge is 0.192 e. The number of rotatable bonds is 2. The number of halogens is 1. The van der Waals surface area contributed by atoms with E-state index >= 15 is 0 Å². The van der Waals surface area contributed by atoms with Gasteiger partial charge in [-0.2, -0.15) is 0 Å². The molecule has 0 saturated heterocycles. The van der Waals surface area contributed by atoms with E-state index in [-0.39, 0.29) is 6.04 Å². The van der Waals surface area contributed by atoms with Crippen LogP contribution in [0.3, 0.4) is 0 Å². The van der Waals surface area contributed by atoms with Crippen molar-refractivity contribution < 1.29 is 0 Å². The second kappa shape index (κ2) is 4.34. The maximum absolute atomic E-state index is 6.20. The first-order valence-electron chi connectivity index (χ1n) is 5.44. The van der Waals surface area contributed by atoms with Crippen LogP contribution in [-0.4, -0.2) is 23.4 Å². The van der Waals surface area contributed by atoms with Crippen molar-refractivity contribution in [3.8, 4) is 0 Å². The number of guanidine groups is 1. The van der Waals surface area contributed by atoms with Crippen LogP contribution >= 0.6 is 11.6 Å². The van der Waals surface area contributed by atoms with Gasteiger partial charge in [0.25, 0.3) is 0 Å². The van der Waals surface area contributed by atoms with Gasteiger partial charge in [0, 0.05) is 11.1 Å². The van der Waals surface area contributed by atoms with Gasteiger partial charge in [0.05, 0.1) is 12.6 Å². The van der Waals surface area contributed by atoms with Crippen molar-refractivity contribution in [1.29, 1.82) is 0 Å². The summed E-state index contributed by atoms with van der Waals surface area (Å²) in [6.07, 6.45) is 0. The molecule has 1 heterocycles. The Balaban J connectivity index is 2.33. The van der Waals surface area contributed by atoms with Crippen LogP contribution in [0, 0.1) is 0 Å². The minimum absolute atomic E-state index is 0.175. The maximum atomic E-state index is 6.20. The van der Waals surface area contributed by atoms with Gasteiger partial charge in [0.15, 0.2) is 5.96 Å². The van der Waals surface area contributed by atoms with Crippen molar-refractivity contribution in [2.24, 2.45) is 10.7 Å². The van der Waals surface area contributed by atoms with Crippen LogP contribution in [0.15, 0.2) is 29.3 Å². The fourth-order valence-electron chi connectivity index (χ4n) is 2.13. The third kappa shape index (κ3) is 1.87. The Morgan fingerprint density at radius 2 is 2.12 bits per heavy atom. The highest BCUT2D eigenvalue weighted by Crippen LogP contribution is 2.31. The van der Waals surface area contributed by atoms with Crippen LogP contribution in [-0.2, 0) is 0 Å². The van der Waals surface area contributed by atoms with Crippen molar-refractivity contribution in [2.75, 3.05) is 6.54 Å². The predicted octanol–water partition coefficient (Wildman–Crippen LogP) is 2.42. The number of aliphatic imine (C=N–C) groups is 1. The summed E-state index contributed by atoms with van der Waals surface area (Å²) in [6.45, 7) is 4.91. The highest BCUT2D eigenvalue weighted by Gasteiger charge is 2.30. The van der Waals surface area contributed by atoms with E-state index in [0.717, 1.165) is 10.6 Å². The minimum atomic E-state index is 0.175. The second-order valence-electron chi connectivity index (χ2n) is 4.24. The summed E-state index contributed by atoms with van der Waals surface area (Å²) < 4.78 is 0. The Hall–Kier alpha value is -1.22. The summed E-state index contributed by atoms with van der Waals surface area (Å²) in [6, 6.07) is 8.38. The summed E-state index contributed by atoms with van der Waals surface area (Å²) in [4.78, 5) is 6.41. The molecule has 1 aromatic carbocycles. The predicted molar refractivity (Wildman–Crippen MR) is 67.7 cm³/mol. The molecule has 0 spiro atoms. The van der Waals surface area contributed by atoms with Crippen molar-refractivity contribution in [3.05, 3.63) is 34.9 Å². The number of benzene rings is 1. The van der Waals surface area contributed by atoms with Crippen LogP contribution in [0.5, 0.6) is 0 Å². The van der Waals surface area contributed by atoms with E-state index < -0.39 is 0 Å². The summed E-state index contributed by atoms with van der Waals surface area (Å²) in [5, 5.41) is 0.781. The van der Waals surface area contributed by atoms with E-state index in [1.807, 2.05) is 24.3 Å². The van der Waals surface area contributed by atoms with Gasteiger partial charge in [-0.15, -0.1) is 0 Å². The zero-order chi connectivity index (χ0) is 11.7. The van der Waals surface area contributed by atoms with Crippen LogP contribution in [0.4, 0.5) is 0 Å². The zero-order valence-electron chi connectivity index (χ0n) is 9.52. The molecule has 4 heteroatoms. The lowest BCUT2D eigenvalue weighted by Gasteiger charge is -2.30. The normalized spacial score (nSPS) is 20.4. The maximum Gasteiger partial charge on any atom is 0.192 e. The highest BCUT2D eigenvalue weighted by atomic mass is 35.5. The quantitative estimate of drug-likeness (QED) is 0.859.